The normalized spacial score (nSPS) is 17.3. The molecule has 0 spiro atoms. The zero-order valence-corrected chi connectivity index (χ0v) is 18.1. The number of benzene rings is 3. The molecule has 1 N–H and O–H groups in total. The first kappa shape index (κ1) is 22.1. The second kappa shape index (κ2) is 9.16. The van der Waals surface area contributed by atoms with Gasteiger partial charge in [0.1, 0.15) is 23.1 Å². The van der Waals surface area contributed by atoms with E-state index in [-0.39, 0.29) is 11.3 Å². The quantitative estimate of drug-likeness (QED) is 0.332. The molecule has 0 aromatic heterocycles. The molecule has 6 nitrogen and oxygen atoms in total. The van der Waals surface area contributed by atoms with Crippen molar-refractivity contribution in [2.45, 2.75) is 13.0 Å². The Morgan fingerprint density at radius 1 is 0.939 bits per heavy atom. The molecular formula is C26H22FNO5. The number of Topliss-reactive ketones (excluding diaryl/α,β-unsaturated/α-hetero) is 1. The van der Waals surface area contributed by atoms with Gasteiger partial charge in [0.25, 0.3) is 11.7 Å². The third kappa shape index (κ3) is 4.17. The summed E-state index contributed by atoms with van der Waals surface area (Å²) in [5.74, 6) is -1.19. The standard InChI is InChI=1S/C26H22FNO5/c1-3-33-21-14-6-17(7-15-21)24(29)22-23(16-4-12-20(32-2)13-5-16)28(26(31)25(22)30)19-10-8-18(27)9-11-19/h4-15,23,29H,3H2,1-2H3/b24-22+. The molecule has 1 fully saturated rings. The number of aliphatic hydroxyl groups is 1. The molecule has 168 valence electrons. The molecule has 33 heavy (non-hydrogen) atoms. The number of amides is 1. The molecule has 1 unspecified atom stereocenters. The van der Waals surface area contributed by atoms with Gasteiger partial charge < -0.3 is 14.6 Å². The smallest absolute Gasteiger partial charge is 0.300 e. The second-order valence-corrected chi connectivity index (χ2v) is 7.38. The summed E-state index contributed by atoms with van der Waals surface area (Å²) in [5, 5.41) is 11.1. The highest BCUT2D eigenvalue weighted by Gasteiger charge is 2.47. The number of ether oxygens (including phenoxy) is 2. The Labute approximate surface area is 190 Å². The lowest BCUT2D eigenvalue weighted by Crippen LogP contribution is -2.29. The number of aliphatic hydroxyl groups excluding tert-OH is 1. The first-order chi connectivity index (χ1) is 15.9. The van der Waals surface area contributed by atoms with Crippen molar-refractivity contribution >= 4 is 23.1 Å². The van der Waals surface area contributed by atoms with Gasteiger partial charge in [0.05, 0.1) is 25.3 Å². The van der Waals surface area contributed by atoms with Crippen LogP contribution in [-0.4, -0.2) is 30.5 Å². The fraction of sp³-hybridized carbons (Fsp3) is 0.154. The van der Waals surface area contributed by atoms with E-state index in [4.69, 9.17) is 9.47 Å². The van der Waals surface area contributed by atoms with Gasteiger partial charge in [-0.1, -0.05) is 12.1 Å². The van der Waals surface area contributed by atoms with Crippen LogP contribution < -0.4 is 14.4 Å². The number of ketones is 1. The monoisotopic (exact) mass is 447 g/mol. The van der Waals surface area contributed by atoms with Gasteiger partial charge in [-0.05, 0) is 73.2 Å². The van der Waals surface area contributed by atoms with Crippen molar-refractivity contribution in [2.24, 2.45) is 0 Å². The molecule has 1 aliphatic heterocycles. The third-order valence-corrected chi connectivity index (χ3v) is 5.42. The van der Waals surface area contributed by atoms with Gasteiger partial charge in [-0.2, -0.15) is 0 Å². The number of carbonyl (C=O) groups is 2. The minimum absolute atomic E-state index is 0.0568. The average Bonchev–Trinajstić information content (AvgIpc) is 3.10. The van der Waals surface area contributed by atoms with E-state index in [1.807, 2.05) is 6.92 Å². The summed E-state index contributed by atoms with van der Waals surface area (Å²) in [5.41, 5.74) is 1.24. The molecule has 0 radical (unpaired) electrons. The molecule has 0 aliphatic carbocycles. The van der Waals surface area contributed by atoms with Crippen LogP contribution in [0.25, 0.3) is 5.76 Å². The van der Waals surface area contributed by atoms with Gasteiger partial charge in [-0.15, -0.1) is 0 Å². The van der Waals surface area contributed by atoms with E-state index in [1.54, 1.807) is 48.5 Å². The van der Waals surface area contributed by atoms with Gasteiger partial charge in [0.15, 0.2) is 0 Å². The van der Waals surface area contributed by atoms with Crippen molar-refractivity contribution in [3.05, 3.63) is 95.3 Å². The summed E-state index contributed by atoms with van der Waals surface area (Å²) in [7, 11) is 1.53. The van der Waals surface area contributed by atoms with E-state index in [1.165, 1.54) is 36.3 Å². The zero-order valence-electron chi connectivity index (χ0n) is 18.1. The highest BCUT2D eigenvalue weighted by atomic mass is 19.1. The first-order valence-electron chi connectivity index (χ1n) is 10.4. The summed E-state index contributed by atoms with van der Waals surface area (Å²) < 4.78 is 24.2. The van der Waals surface area contributed by atoms with Crippen molar-refractivity contribution < 1.29 is 28.6 Å². The van der Waals surface area contributed by atoms with Crippen LogP contribution >= 0.6 is 0 Å². The molecule has 3 aromatic rings. The molecule has 3 aromatic carbocycles. The highest BCUT2D eigenvalue weighted by molar-refractivity contribution is 6.51. The van der Waals surface area contributed by atoms with Crippen LogP contribution in [0, 0.1) is 5.82 Å². The van der Waals surface area contributed by atoms with Crippen LogP contribution in [0.3, 0.4) is 0 Å². The molecular weight excluding hydrogens is 425 g/mol. The molecule has 1 saturated heterocycles. The minimum Gasteiger partial charge on any atom is -0.507 e. The van der Waals surface area contributed by atoms with E-state index in [2.05, 4.69) is 0 Å². The van der Waals surface area contributed by atoms with Crippen molar-refractivity contribution in [3.63, 3.8) is 0 Å². The van der Waals surface area contributed by atoms with E-state index in [0.29, 0.717) is 34.9 Å². The molecule has 1 heterocycles. The topological polar surface area (TPSA) is 76.1 Å². The van der Waals surface area contributed by atoms with Crippen molar-refractivity contribution in [1.29, 1.82) is 0 Å². The number of halogens is 1. The highest BCUT2D eigenvalue weighted by Crippen LogP contribution is 2.42. The molecule has 0 saturated carbocycles. The summed E-state index contributed by atoms with van der Waals surface area (Å²) in [6.07, 6.45) is 0. The van der Waals surface area contributed by atoms with Crippen LogP contribution in [0.1, 0.15) is 24.1 Å². The largest absolute Gasteiger partial charge is 0.507 e. The van der Waals surface area contributed by atoms with Gasteiger partial charge in [-0.25, -0.2) is 4.39 Å². The lowest BCUT2D eigenvalue weighted by molar-refractivity contribution is -0.132. The third-order valence-electron chi connectivity index (χ3n) is 5.42. The van der Waals surface area contributed by atoms with Gasteiger partial charge >= 0.3 is 0 Å². The van der Waals surface area contributed by atoms with Gasteiger partial charge in [-0.3, -0.25) is 14.5 Å². The number of rotatable bonds is 6. The maximum atomic E-state index is 13.5. The van der Waals surface area contributed by atoms with Gasteiger partial charge in [0.2, 0.25) is 0 Å². The van der Waals surface area contributed by atoms with Crippen LogP contribution in [-0.2, 0) is 9.59 Å². The summed E-state index contributed by atoms with van der Waals surface area (Å²) in [6, 6.07) is 17.8. The van der Waals surface area contributed by atoms with Crippen LogP contribution in [0.4, 0.5) is 10.1 Å². The van der Waals surface area contributed by atoms with Crippen molar-refractivity contribution in [3.8, 4) is 11.5 Å². The molecule has 1 atom stereocenters. The van der Waals surface area contributed by atoms with Crippen molar-refractivity contribution in [2.75, 3.05) is 18.6 Å². The van der Waals surface area contributed by atoms with E-state index >= 15 is 0 Å². The van der Waals surface area contributed by atoms with Crippen LogP contribution in [0.2, 0.25) is 0 Å². The molecule has 4 rings (SSSR count). The SMILES string of the molecule is CCOc1ccc(/C(O)=C2\C(=O)C(=O)N(c3ccc(F)cc3)C2c2ccc(OC)cc2)cc1. The second-order valence-electron chi connectivity index (χ2n) is 7.38. The lowest BCUT2D eigenvalue weighted by atomic mass is 9.95. The number of anilines is 1. The Morgan fingerprint density at radius 2 is 1.55 bits per heavy atom. The molecule has 7 heteroatoms. The summed E-state index contributed by atoms with van der Waals surface area (Å²) in [6.45, 7) is 2.35. The van der Waals surface area contributed by atoms with Gasteiger partial charge in [0, 0.05) is 11.3 Å². The zero-order chi connectivity index (χ0) is 23.5. The Morgan fingerprint density at radius 3 is 2.12 bits per heavy atom. The molecule has 1 amide bonds. The Balaban J connectivity index is 1.87. The fourth-order valence-electron chi connectivity index (χ4n) is 3.83. The Kier molecular flexibility index (Phi) is 6.13. The maximum absolute atomic E-state index is 13.5. The van der Waals surface area contributed by atoms with Crippen molar-refractivity contribution in [1.82, 2.24) is 0 Å². The number of carbonyl (C=O) groups excluding carboxylic acids is 2. The average molecular weight is 447 g/mol. The maximum Gasteiger partial charge on any atom is 0.300 e. The number of hydrogen-bond acceptors (Lipinski definition) is 5. The minimum atomic E-state index is -0.909. The van der Waals surface area contributed by atoms with Crippen LogP contribution in [0.5, 0.6) is 11.5 Å². The molecule has 1 aliphatic rings. The summed E-state index contributed by atoms with van der Waals surface area (Å²) >= 11 is 0. The number of methoxy groups -OCH3 is 1. The number of hydrogen-bond donors (Lipinski definition) is 1. The van der Waals surface area contributed by atoms with E-state index in [9.17, 15) is 19.1 Å². The van der Waals surface area contributed by atoms with E-state index in [0.717, 1.165) is 0 Å². The number of nitrogens with zero attached hydrogens (tertiary/aromatic N) is 1. The Bertz CT molecular complexity index is 1200. The first-order valence-corrected chi connectivity index (χ1v) is 10.4. The summed E-state index contributed by atoms with van der Waals surface area (Å²) in [4.78, 5) is 27.5. The lowest BCUT2D eigenvalue weighted by Gasteiger charge is -2.25. The van der Waals surface area contributed by atoms with E-state index < -0.39 is 23.5 Å². The Hall–Kier alpha value is -4.13. The van der Waals surface area contributed by atoms with Crippen LogP contribution in [0.15, 0.2) is 78.4 Å². The predicted octanol–water partition coefficient (Wildman–Crippen LogP) is 4.86. The fourth-order valence-corrected chi connectivity index (χ4v) is 3.83. The predicted molar refractivity (Wildman–Crippen MR) is 122 cm³/mol. The molecule has 0 bridgehead atoms.